The summed E-state index contributed by atoms with van der Waals surface area (Å²) in [6, 6.07) is 5.24. The van der Waals surface area contributed by atoms with Gasteiger partial charge in [-0.25, -0.2) is 0 Å². The van der Waals surface area contributed by atoms with Crippen molar-refractivity contribution in [3.05, 3.63) is 29.6 Å². The minimum absolute atomic E-state index is 0.235. The van der Waals surface area contributed by atoms with Gasteiger partial charge in [-0.15, -0.1) is 10.2 Å². The Morgan fingerprint density at radius 3 is 2.52 bits per heavy atom. The number of benzene rings is 1. The van der Waals surface area contributed by atoms with Crippen molar-refractivity contribution < 1.29 is 14.6 Å². The number of tetrazole rings is 1. The molecular formula is C18H28N4O3. The lowest BCUT2D eigenvalue weighted by molar-refractivity contribution is -0.118. The predicted octanol–water partition coefficient (Wildman–Crippen LogP) is 3.24. The van der Waals surface area contributed by atoms with Crippen molar-refractivity contribution in [3.63, 3.8) is 0 Å². The molecule has 1 heterocycles. The Labute approximate surface area is 148 Å². The van der Waals surface area contributed by atoms with Crippen LogP contribution in [0, 0.1) is 0 Å². The number of hydrogen-bond donors (Lipinski definition) is 2. The third-order valence-corrected chi connectivity index (χ3v) is 3.66. The van der Waals surface area contributed by atoms with Crippen LogP contribution in [-0.2, 0) is 17.6 Å². The lowest BCUT2D eigenvalue weighted by Gasteiger charge is -2.10. The average molecular weight is 348 g/mol. The fourth-order valence-corrected chi connectivity index (χ4v) is 2.08. The van der Waals surface area contributed by atoms with Crippen molar-refractivity contribution in [2.24, 2.45) is 0 Å². The summed E-state index contributed by atoms with van der Waals surface area (Å²) < 4.78 is 5.70. The van der Waals surface area contributed by atoms with E-state index in [1.54, 1.807) is 12.1 Å². The van der Waals surface area contributed by atoms with Gasteiger partial charge in [0.1, 0.15) is 17.3 Å². The minimum Gasteiger partial charge on any atom is -0.508 e. The van der Waals surface area contributed by atoms with Gasteiger partial charge in [0.05, 0.1) is 6.61 Å². The summed E-state index contributed by atoms with van der Waals surface area (Å²) in [5, 5.41) is 23.2. The number of ether oxygens (including phenoxy) is 1. The van der Waals surface area contributed by atoms with Gasteiger partial charge >= 0.3 is 0 Å². The normalized spacial score (nSPS) is 10.0. The van der Waals surface area contributed by atoms with E-state index in [4.69, 9.17) is 4.74 Å². The van der Waals surface area contributed by atoms with Crippen LogP contribution in [0.1, 0.15) is 57.8 Å². The molecule has 0 aliphatic rings. The molecule has 7 nitrogen and oxygen atoms in total. The summed E-state index contributed by atoms with van der Waals surface area (Å²) in [5.41, 5.74) is 1.11. The lowest BCUT2D eigenvalue weighted by Crippen LogP contribution is -2.01. The highest BCUT2D eigenvalue weighted by atomic mass is 16.5. The first-order valence-electron chi connectivity index (χ1n) is 8.79. The van der Waals surface area contributed by atoms with Gasteiger partial charge in [0, 0.05) is 25.3 Å². The molecule has 2 N–H and O–H groups in total. The highest BCUT2D eigenvalue weighted by Crippen LogP contribution is 2.24. The Balaban J connectivity index is 0.000000450. The topological polar surface area (TPSA) is 101 Å². The molecule has 0 aliphatic carbocycles. The maximum Gasteiger partial charge on any atom is 0.174 e. The lowest BCUT2D eigenvalue weighted by atomic mass is 10.1. The molecule has 0 unspecified atom stereocenters. The van der Waals surface area contributed by atoms with Crippen LogP contribution in [0.15, 0.2) is 18.2 Å². The summed E-state index contributed by atoms with van der Waals surface area (Å²) in [6.45, 7) is 6.45. The Morgan fingerprint density at radius 1 is 1.20 bits per heavy atom. The predicted molar refractivity (Wildman–Crippen MR) is 95.7 cm³/mol. The molecule has 2 aromatic rings. The summed E-state index contributed by atoms with van der Waals surface area (Å²) in [5.74, 6) is 2.07. The number of nitrogens with zero attached hydrogens (tertiary/aromatic N) is 3. The molecule has 138 valence electrons. The monoisotopic (exact) mass is 348 g/mol. The smallest absolute Gasteiger partial charge is 0.174 e. The number of unbranched alkanes of at least 4 members (excludes halogenated alkanes) is 1. The first-order valence-corrected chi connectivity index (χ1v) is 8.79. The second kappa shape index (κ2) is 12.0. The first kappa shape index (κ1) is 20.6. The number of aromatic hydroxyl groups is 1. The fourth-order valence-electron chi connectivity index (χ4n) is 2.08. The molecule has 0 fully saturated rings. The number of ketones is 1. The Bertz CT molecular complexity index is 609. The SMILES string of the molecule is CCC(=O)CC.CCc1ccc(O)cc1OCCCCc1nn[nH]n1. The van der Waals surface area contributed by atoms with Crippen LogP contribution in [0.3, 0.4) is 0 Å². The number of aromatic amines is 1. The summed E-state index contributed by atoms with van der Waals surface area (Å²) in [6.07, 6.45) is 4.92. The number of phenolic OH excluding ortho intramolecular Hbond substituents is 1. The van der Waals surface area contributed by atoms with E-state index in [1.165, 1.54) is 0 Å². The largest absolute Gasteiger partial charge is 0.508 e. The summed E-state index contributed by atoms with van der Waals surface area (Å²) in [4.78, 5) is 10.2. The van der Waals surface area contributed by atoms with Crippen LogP contribution in [0.4, 0.5) is 0 Å². The Kier molecular flexibility index (Phi) is 9.89. The standard InChI is InChI=1S/C13H18N4O2.C5H10O/c1-2-10-6-7-11(18)9-12(10)19-8-4-3-5-13-14-16-17-15-13;1-3-5(6)4-2/h6-7,9,18H,2-5,8H2,1H3,(H,14,15,16,17);3-4H2,1-2H3. The second-order valence-corrected chi connectivity index (χ2v) is 5.52. The van der Waals surface area contributed by atoms with Gasteiger partial charge in [-0.05, 0) is 30.9 Å². The molecule has 0 amide bonds. The van der Waals surface area contributed by atoms with E-state index < -0.39 is 0 Å². The first-order chi connectivity index (χ1) is 12.1. The molecule has 1 aromatic carbocycles. The fraction of sp³-hybridized carbons (Fsp3) is 0.556. The molecule has 1 aromatic heterocycles. The number of carbonyl (C=O) groups excluding carboxylic acids is 1. The van der Waals surface area contributed by atoms with Crippen molar-refractivity contribution in [3.8, 4) is 11.5 Å². The van der Waals surface area contributed by atoms with Gasteiger partial charge in [-0.1, -0.05) is 32.1 Å². The van der Waals surface area contributed by atoms with E-state index in [9.17, 15) is 9.90 Å². The van der Waals surface area contributed by atoms with Gasteiger partial charge in [0.15, 0.2) is 5.82 Å². The van der Waals surface area contributed by atoms with Crippen molar-refractivity contribution >= 4 is 5.78 Å². The van der Waals surface area contributed by atoms with Gasteiger partial charge in [0.2, 0.25) is 0 Å². The van der Waals surface area contributed by atoms with E-state index in [-0.39, 0.29) is 5.75 Å². The van der Waals surface area contributed by atoms with E-state index >= 15 is 0 Å². The maximum atomic E-state index is 10.2. The van der Waals surface area contributed by atoms with Crippen LogP contribution in [0.5, 0.6) is 11.5 Å². The van der Waals surface area contributed by atoms with Gasteiger partial charge in [-0.2, -0.15) is 5.21 Å². The van der Waals surface area contributed by atoms with E-state index in [1.807, 2.05) is 19.9 Å². The zero-order valence-corrected chi connectivity index (χ0v) is 15.3. The summed E-state index contributed by atoms with van der Waals surface area (Å²) in [7, 11) is 0. The van der Waals surface area contributed by atoms with Crippen molar-refractivity contribution in [1.29, 1.82) is 0 Å². The zero-order valence-electron chi connectivity index (χ0n) is 15.3. The van der Waals surface area contributed by atoms with Crippen LogP contribution in [0.2, 0.25) is 0 Å². The number of phenols is 1. The van der Waals surface area contributed by atoms with Crippen LogP contribution in [0.25, 0.3) is 0 Å². The number of rotatable bonds is 9. The summed E-state index contributed by atoms with van der Waals surface area (Å²) >= 11 is 0. The minimum atomic E-state index is 0.235. The molecule has 2 rings (SSSR count). The number of aryl methyl sites for hydroxylation is 2. The number of carbonyl (C=O) groups is 1. The van der Waals surface area contributed by atoms with Crippen molar-refractivity contribution in [1.82, 2.24) is 20.6 Å². The number of nitrogens with one attached hydrogen (secondary N) is 1. The van der Waals surface area contributed by atoms with Gasteiger partial charge in [-0.3, -0.25) is 4.79 Å². The molecule has 0 atom stereocenters. The average Bonchev–Trinajstić information content (AvgIpc) is 3.15. The molecule has 0 radical (unpaired) electrons. The Morgan fingerprint density at radius 2 is 1.96 bits per heavy atom. The molecule has 0 saturated heterocycles. The molecule has 7 heteroatoms. The van der Waals surface area contributed by atoms with Crippen molar-refractivity contribution in [2.45, 2.75) is 59.3 Å². The highest BCUT2D eigenvalue weighted by molar-refractivity contribution is 5.77. The Hall–Kier alpha value is -2.44. The van der Waals surface area contributed by atoms with E-state index in [0.717, 1.165) is 42.8 Å². The highest BCUT2D eigenvalue weighted by Gasteiger charge is 2.04. The second-order valence-electron chi connectivity index (χ2n) is 5.52. The third-order valence-electron chi connectivity index (χ3n) is 3.66. The molecule has 25 heavy (non-hydrogen) atoms. The van der Waals surface area contributed by atoms with E-state index in [0.29, 0.717) is 25.2 Å². The van der Waals surface area contributed by atoms with Gasteiger partial charge in [0.25, 0.3) is 0 Å². The zero-order chi connectivity index (χ0) is 18.5. The van der Waals surface area contributed by atoms with Gasteiger partial charge < -0.3 is 9.84 Å². The number of Topliss-reactive ketones (excluding diaryl/α,β-unsaturated/α-hetero) is 1. The number of hydrogen-bond acceptors (Lipinski definition) is 6. The van der Waals surface area contributed by atoms with Crippen molar-refractivity contribution in [2.75, 3.05) is 6.61 Å². The third kappa shape index (κ3) is 8.28. The molecule has 0 saturated carbocycles. The molecule has 0 bridgehead atoms. The number of aromatic nitrogens is 4. The van der Waals surface area contributed by atoms with Crippen LogP contribution >= 0.6 is 0 Å². The molecular weight excluding hydrogens is 320 g/mol. The quantitative estimate of drug-likeness (QED) is 0.675. The molecule has 0 aliphatic heterocycles. The van der Waals surface area contributed by atoms with Crippen LogP contribution < -0.4 is 4.74 Å². The molecule has 0 spiro atoms. The van der Waals surface area contributed by atoms with Crippen LogP contribution in [-0.4, -0.2) is 38.1 Å². The van der Waals surface area contributed by atoms with E-state index in [2.05, 4.69) is 27.5 Å². The number of H-pyrrole nitrogens is 1. The maximum absolute atomic E-state index is 10.2.